The van der Waals surface area contributed by atoms with Gasteiger partial charge in [-0.25, -0.2) is 14.4 Å². The number of halogens is 2. The average Bonchev–Trinajstić information content (AvgIpc) is 3.28. The Morgan fingerprint density at radius 3 is 2.65 bits per heavy atom. The molecule has 0 atom stereocenters. The molecule has 3 N–H and O–H groups in total. The lowest BCUT2D eigenvalue weighted by Crippen LogP contribution is -2.04. The second kappa shape index (κ2) is 11.7. The molecule has 6 nitrogen and oxygen atoms in total. The minimum atomic E-state index is -0.429. The molecular formula is C29H31FIN5O. The van der Waals surface area contributed by atoms with E-state index in [9.17, 15) is 0 Å². The fourth-order valence-corrected chi connectivity index (χ4v) is 5.30. The maximum absolute atomic E-state index is 15.2. The number of allylic oxidation sites excluding steroid dienone is 2. The van der Waals surface area contributed by atoms with Crippen molar-refractivity contribution >= 4 is 53.0 Å². The van der Waals surface area contributed by atoms with Gasteiger partial charge in [0.05, 0.1) is 11.1 Å². The molecular weight excluding hydrogens is 580 g/mol. The minimum absolute atomic E-state index is 0.208. The lowest BCUT2D eigenvalue weighted by Gasteiger charge is -2.13. The van der Waals surface area contributed by atoms with Crippen LogP contribution in [0.5, 0.6) is 5.75 Å². The molecule has 0 aliphatic heterocycles. The molecule has 0 bridgehead atoms. The summed E-state index contributed by atoms with van der Waals surface area (Å²) in [5, 5.41) is 4.00. The lowest BCUT2D eigenvalue weighted by molar-refractivity contribution is 0.338. The summed E-state index contributed by atoms with van der Waals surface area (Å²) in [6.07, 6.45) is 5.53. The highest BCUT2D eigenvalue weighted by Gasteiger charge is 2.17. The summed E-state index contributed by atoms with van der Waals surface area (Å²) < 4.78 is 26.4. The van der Waals surface area contributed by atoms with Crippen LogP contribution in [0.1, 0.15) is 33.7 Å². The number of hydrogen-bond acceptors (Lipinski definition) is 5. The summed E-state index contributed by atoms with van der Waals surface area (Å²) in [6.45, 7) is 12.5. The van der Waals surface area contributed by atoms with Crippen molar-refractivity contribution in [1.29, 1.82) is 0 Å². The van der Waals surface area contributed by atoms with Crippen molar-refractivity contribution in [3.05, 3.63) is 82.6 Å². The minimum Gasteiger partial charge on any atom is -0.486 e. The van der Waals surface area contributed by atoms with Gasteiger partial charge in [-0.3, -0.25) is 0 Å². The molecule has 0 saturated carbocycles. The molecule has 0 radical (unpaired) electrons. The van der Waals surface area contributed by atoms with Gasteiger partial charge in [0.1, 0.15) is 24.4 Å². The standard InChI is InChI=1S/C29H31FIN5O/c1-6-20(14-31-18(2)3)16-37-25-9-7-8-24(27(25)30)35-22-12-10-21(11-13-22)23-15-36(19(4)5)29-26(23)28(32)33-17-34-29/h6-15,17,19,35H,2,16H2,1,3-5H3,(H2,32,33,34). The normalized spacial score (nSPS) is 12.2. The van der Waals surface area contributed by atoms with Crippen molar-refractivity contribution in [2.75, 3.05) is 17.7 Å². The number of fused-ring (bicyclic) bond motifs is 1. The first-order valence-electron chi connectivity index (χ1n) is 12.0. The zero-order valence-electron chi connectivity index (χ0n) is 21.4. The van der Waals surface area contributed by atoms with E-state index in [1.165, 1.54) is 9.91 Å². The Morgan fingerprint density at radius 1 is 1.22 bits per heavy atom. The molecule has 0 spiro atoms. The SMILES string of the molecule is C=C(C)I=CC(=CC)COc1cccc(Nc2ccc(-c3cn(C(C)C)c4ncnc(N)c34)cc2)c1F. The van der Waals surface area contributed by atoms with Crippen LogP contribution in [0.3, 0.4) is 0 Å². The quantitative estimate of drug-likeness (QED) is 0.189. The molecule has 4 rings (SSSR count). The van der Waals surface area contributed by atoms with Gasteiger partial charge in [0, 0.05) is 23.5 Å². The van der Waals surface area contributed by atoms with Crippen molar-refractivity contribution in [3.63, 3.8) is 0 Å². The van der Waals surface area contributed by atoms with E-state index in [0.717, 1.165) is 33.4 Å². The van der Waals surface area contributed by atoms with E-state index < -0.39 is 5.82 Å². The van der Waals surface area contributed by atoms with Crippen LogP contribution in [0.25, 0.3) is 22.2 Å². The Bertz CT molecular complexity index is 1490. The number of benzene rings is 2. The highest BCUT2D eigenvalue weighted by atomic mass is 127. The average molecular weight is 612 g/mol. The third kappa shape index (κ3) is 6.07. The lowest BCUT2D eigenvalue weighted by atomic mass is 10.1. The van der Waals surface area contributed by atoms with E-state index in [0.29, 0.717) is 18.1 Å². The summed E-state index contributed by atoms with van der Waals surface area (Å²) in [4.78, 5) is 8.63. The fourth-order valence-electron chi connectivity index (χ4n) is 3.83. The Balaban J connectivity index is 1.54. The highest BCUT2D eigenvalue weighted by Crippen LogP contribution is 2.35. The molecule has 2 aromatic carbocycles. The molecule has 37 heavy (non-hydrogen) atoms. The smallest absolute Gasteiger partial charge is 0.188 e. The summed E-state index contributed by atoms with van der Waals surface area (Å²) in [6, 6.07) is 13.1. The van der Waals surface area contributed by atoms with Crippen LogP contribution in [0.15, 0.2) is 76.8 Å². The van der Waals surface area contributed by atoms with Crippen LogP contribution < -0.4 is 15.8 Å². The van der Waals surface area contributed by atoms with E-state index in [4.69, 9.17) is 10.5 Å². The third-order valence-electron chi connectivity index (χ3n) is 5.78. The second-order valence-corrected chi connectivity index (χ2v) is 12.0. The van der Waals surface area contributed by atoms with Gasteiger partial charge in [-0.05, 0) is 70.7 Å². The van der Waals surface area contributed by atoms with E-state index in [2.05, 4.69) is 50.5 Å². The number of ether oxygens (including phenoxy) is 1. The highest BCUT2D eigenvalue weighted by molar-refractivity contribution is 14.2. The molecule has 0 amide bonds. The predicted octanol–water partition coefficient (Wildman–Crippen LogP) is 7.78. The Labute approximate surface area is 226 Å². The van der Waals surface area contributed by atoms with E-state index >= 15 is 4.39 Å². The number of aromatic nitrogens is 3. The summed E-state index contributed by atoms with van der Waals surface area (Å²) in [5.74, 6) is 0.224. The van der Waals surface area contributed by atoms with Crippen molar-refractivity contribution in [1.82, 2.24) is 14.5 Å². The summed E-state index contributed by atoms with van der Waals surface area (Å²) in [7, 11) is 0. The summed E-state index contributed by atoms with van der Waals surface area (Å²) in [5.41, 5.74) is 11.1. The van der Waals surface area contributed by atoms with Crippen LogP contribution in [0, 0.1) is 5.82 Å². The van der Waals surface area contributed by atoms with Gasteiger partial charge in [-0.15, -0.1) is 0 Å². The van der Waals surface area contributed by atoms with Gasteiger partial charge in [0.15, 0.2) is 11.6 Å². The van der Waals surface area contributed by atoms with Crippen molar-refractivity contribution in [3.8, 4) is 16.9 Å². The summed E-state index contributed by atoms with van der Waals surface area (Å²) >= 11 is -0.236. The largest absolute Gasteiger partial charge is 0.486 e. The maximum atomic E-state index is 15.2. The van der Waals surface area contributed by atoms with Crippen LogP contribution in [-0.4, -0.2) is 25.2 Å². The molecule has 4 aromatic rings. The Hall–Kier alpha value is -3.53. The van der Waals surface area contributed by atoms with Crippen LogP contribution >= 0.6 is 20.7 Å². The molecule has 0 fully saturated rings. The zero-order chi connectivity index (χ0) is 26.5. The van der Waals surface area contributed by atoms with E-state index in [-0.39, 0.29) is 32.5 Å². The molecule has 0 unspecified atom stereocenters. The predicted molar refractivity (Wildman–Crippen MR) is 162 cm³/mol. The Morgan fingerprint density at radius 2 is 1.97 bits per heavy atom. The molecule has 2 aromatic heterocycles. The second-order valence-electron chi connectivity index (χ2n) is 8.87. The third-order valence-corrected chi connectivity index (χ3v) is 7.95. The van der Waals surface area contributed by atoms with E-state index in [1.807, 2.05) is 44.2 Å². The zero-order valence-corrected chi connectivity index (χ0v) is 23.6. The molecule has 0 saturated heterocycles. The number of nitrogens with one attached hydrogen (secondary N) is 1. The van der Waals surface area contributed by atoms with Crippen LogP contribution in [-0.2, 0) is 0 Å². The molecule has 2 heterocycles. The number of nitrogens with zero attached hydrogens (tertiary/aromatic N) is 3. The molecule has 0 aliphatic carbocycles. The number of rotatable bonds is 9. The topological polar surface area (TPSA) is 78.0 Å². The number of nitrogens with two attached hydrogens (primary N) is 1. The number of nitrogen functional groups attached to an aromatic ring is 1. The van der Waals surface area contributed by atoms with Gasteiger partial charge >= 0.3 is 0 Å². The molecule has 0 aliphatic rings. The van der Waals surface area contributed by atoms with Gasteiger partial charge < -0.3 is 20.4 Å². The monoisotopic (exact) mass is 611 g/mol. The first kappa shape index (κ1) is 26.5. The van der Waals surface area contributed by atoms with Crippen LogP contribution in [0.2, 0.25) is 0 Å². The number of hydrogen-bond donors (Lipinski definition) is 2. The first-order valence-corrected chi connectivity index (χ1v) is 14.3. The van der Waals surface area contributed by atoms with Gasteiger partial charge in [0.25, 0.3) is 0 Å². The Kier molecular flexibility index (Phi) is 8.38. The number of anilines is 3. The van der Waals surface area contributed by atoms with Crippen LogP contribution in [0.4, 0.5) is 21.6 Å². The van der Waals surface area contributed by atoms with Gasteiger partial charge in [0.2, 0.25) is 0 Å². The van der Waals surface area contributed by atoms with E-state index in [1.54, 1.807) is 18.2 Å². The molecule has 8 heteroatoms. The van der Waals surface area contributed by atoms with Crippen molar-refractivity contribution in [2.45, 2.75) is 33.7 Å². The fraction of sp³-hybridized carbons (Fsp3) is 0.207. The van der Waals surface area contributed by atoms with Crippen molar-refractivity contribution in [2.24, 2.45) is 0 Å². The first-order chi connectivity index (χ1) is 17.8. The van der Waals surface area contributed by atoms with Crippen molar-refractivity contribution < 1.29 is 9.13 Å². The molecule has 192 valence electrons. The van der Waals surface area contributed by atoms with Gasteiger partial charge in [-0.1, -0.05) is 51.6 Å². The van der Waals surface area contributed by atoms with Gasteiger partial charge in [-0.2, -0.15) is 0 Å². The maximum Gasteiger partial charge on any atom is 0.188 e.